The Labute approximate surface area is 138 Å². The third kappa shape index (κ3) is 4.03. The van der Waals surface area contributed by atoms with Gasteiger partial charge in [-0.05, 0) is 47.1 Å². The number of benzene rings is 2. The lowest BCUT2D eigenvalue weighted by molar-refractivity contribution is -0.138. The van der Waals surface area contributed by atoms with E-state index in [1.807, 2.05) is 4.72 Å². The first-order valence-corrected chi connectivity index (χ1v) is 8.44. The third-order valence-corrected chi connectivity index (χ3v) is 5.12. The molecule has 0 aliphatic carbocycles. The minimum atomic E-state index is -4.83. The molecule has 124 valence electrons. The van der Waals surface area contributed by atoms with Crippen LogP contribution in [0, 0.1) is 12.7 Å². The molecule has 0 saturated heterocycles. The van der Waals surface area contributed by atoms with Gasteiger partial charge in [0.15, 0.2) is 0 Å². The normalized spacial score (nSPS) is 12.3. The van der Waals surface area contributed by atoms with Crippen molar-refractivity contribution in [2.24, 2.45) is 0 Å². The van der Waals surface area contributed by atoms with Crippen molar-refractivity contribution in [2.45, 2.75) is 18.0 Å². The first kappa shape index (κ1) is 17.7. The molecule has 1 N–H and O–H groups in total. The fraction of sp³-hybridized carbons (Fsp3) is 0.143. The summed E-state index contributed by atoms with van der Waals surface area (Å²) >= 11 is 2.51. The number of hydrogen-bond acceptors (Lipinski definition) is 2. The Morgan fingerprint density at radius 1 is 1.09 bits per heavy atom. The minimum Gasteiger partial charge on any atom is -0.280 e. The average Bonchev–Trinajstić information content (AvgIpc) is 2.41. The van der Waals surface area contributed by atoms with Crippen molar-refractivity contribution in [3.05, 3.63) is 57.8 Å². The molecule has 0 heterocycles. The zero-order valence-corrected chi connectivity index (χ0v) is 14.0. The molecule has 2 aromatic carbocycles. The van der Waals surface area contributed by atoms with Crippen molar-refractivity contribution in [3.63, 3.8) is 0 Å². The van der Waals surface area contributed by atoms with Crippen molar-refractivity contribution < 1.29 is 26.0 Å². The lowest BCUT2D eigenvalue weighted by Crippen LogP contribution is -2.15. The van der Waals surface area contributed by atoms with Crippen LogP contribution in [-0.4, -0.2) is 8.42 Å². The van der Waals surface area contributed by atoms with Crippen LogP contribution >= 0.6 is 15.9 Å². The van der Waals surface area contributed by atoms with Gasteiger partial charge >= 0.3 is 6.18 Å². The topological polar surface area (TPSA) is 46.2 Å². The monoisotopic (exact) mass is 411 g/mol. The number of aryl methyl sites for hydroxylation is 1. The van der Waals surface area contributed by atoms with Crippen molar-refractivity contribution in [2.75, 3.05) is 4.72 Å². The quantitative estimate of drug-likeness (QED) is 0.742. The molecule has 2 aromatic rings. The predicted molar refractivity (Wildman–Crippen MR) is 81.1 cm³/mol. The fourth-order valence-electron chi connectivity index (χ4n) is 1.79. The predicted octanol–water partition coefficient (Wildman–Crippen LogP) is 4.72. The second kappa shape index (κ2) is 6.12. The van der Waals surface area contributed by atoms with Crippen LogP contribution in [0.1, 0.15) is 11.1 Å². The highest BCUT2D eigenvalue weighted by molar-refractivity contribution is 9.10. The molecule has 0 aromatic heterocycles. The molecule has 0 aliphatic heterocycles. The van der Waals surface area contributed by atoms with Crippen molar-refractivity contribution in [1.29, 1.82) is 0 Å². The zero-order chi connectivity index (χ0) is 17.4. The number of hydrogen-bond donors (Lipinski definition) is 1. The molecule has 0 fully saturated rings. The maximum absolute atomic E-state index is 13.6. The number of sulfonamides is 1. The standard InChI is InChI=1S/C14H10BrF4NO2S/c1-8-2-4-10(5-3-8)23(21,22)20-9-6-11(14(17,18)19)13(15)12(16)7-9/h2-7,20H,1H3. The summed E-state index contributed by atoms with van der Waals surface area (Å²) in [7, 11) is -4.12. The summed E-state index contributed by atoms with van der Waals surface area (Å²) in [6.07, 6.45) is -4.83. The van der Waals surface area contributed by atoms with Gasteiger partial charge in [0, 0.05) is 0 Å². The molecule has 0 unspecified atom stereocenters. The van der Waals surface area contributed by atoms with Gasteiger partial charge in [0.1, 0.15) is 5.82 Å². The van der Waals surface area contributed by atoms with E-state index in [2.05, 4.69) is 15.9 Å². The Bertz CT molecular complexity index is 833. The molecule has 0 bridgehead atoms. The average molecular weight is 412 g/mol. The molecule has 0 amide bonds. The van der Waals surface area contributed by atoms with Gasteiger partial charge in [0.05, 0.1) is 20.6 Å². The molecule has 0 spiro atoms. The molecular formula is C14H10BrF4NO2S. The van der Waals surface area contributed by atoms with Crippen LogP contribution in [0.4, 0.5) is 23.2 Å². The number of rotatable bonds is 3. The Balaban J connectivity index is 2.44. The van der Waals surface area contributed by atoms with Crippen LogP contribution in [0.5, 0.6) is 0 Å². The highest BCUT2D eigenvalue weighted by Crippen LogP contribution is 2.38. The van der Waals surface area contributed by atoms with E-state index in [0.717, 1.165) is 5.56 Å². The molecule has 9 heteroatoms. The molecule has 0 radical (unpaired) electrons. The molecule has 23 heavy (non-hydrogen) atoms. The number of anilines is 1. The minimum absolute atomic E-state index is 0.139. The lowest BCUT2D eigenvalue weighted by atomic mass is 10.2. The summed E-state index contributed by atoms with van der Waals surface area (Å²) in [5.74, 6) is -1.22. The van der Waals surface area contributed by atoms with Gasteiger partial charge in [-0.25, -0.2) is 12.8 Å². The molecule has 0 aliphatic rings. The van der Waals surface area contributed by atoms with Crippen LogP contribution in [0.3, 0.4) is 0 Å². The first-order valence-electron chi connectivity index (χ1n) is 6.16. The summed E-state index contributed by atoms with van der Waals surface area (Å²) in [6.45, 7) is 1.75. The molecule has 0 atom stereocenters. The highest BCUT2D eigenvalue weighted by Gasteiger charge is 2.35. The second-order valence-corrected chi connectivity index (χ2v) is 7.21. The molecule has 0 saturated carbocycles. The van der Waals surface area contributed by atoms with Crippen LogP contribution in [-0.2, 0) is 16.2 Å². The summed E-state index contributed by atoms with van der Waals surface area (Å²) in [5, 5.41) is 0. The molecule has 2 rings (SSSR count). The van der Waals surface area contributed by atoms with Gasteiger partial charge < -0.3 is 0 Å². The third-order valence-electron chi connectivity index (χ3n) is 2.92. The fourth-order valence-corrected chi connectivity index (χ4v) is 3.28. The van der Waals surface area contributed by atoms with Gasteiger partial charge in [0.25, 0.3) is 10.0 Å². The van der Waals surface area contributed by atoms with Crippen molar-refractivity contribution >= 4 is 31.6 Å². The van der Waals surface area contributed by atoms with E-state index in [-0.39, 0.29) is 4.90 Å². The largest absolute Gasteiger partial charge is 0.417 e. The van der Waals surface area contributed by atoms with Crippen molar-refractivity contribution in [1.82, 2.24) is 0 Å². The first-order chi connectivity index (χ1) is 10.5. The van der Waals surface area contributed by atoms with E-state index in [0.29, 0.717) is 12.1 Å². The van der Waals surface area contributed by atoms with E-state index in [9.17, 15) is 26.0 Å². The van der Waals surface area contributed by atoms with Crippen LogP contribution in [0.2, 0.25) is 0 Å². The van der Waals surface area contributed by atoms with E-state index in [1.165, 1.54) is 24.3 Å². The van der Waals surface area contributed by atoms with E-state index in [4.69, 9.17) is 0 Å². The van der Waals surface area contributed by atoms with Gasteiger partial charge in [-0.2, -0.15) is 13.2 Å². The number of alkyl halides is 3. The Kier molecular flexibility index (Phi) is 4.72. The Hall–Kier alpha value is -1.61. The van der Waals surface area contributed by atoms with E-state index >= 15 is 0 Å². The van der Waals surface area contributed by atoms with E-state index < -0.39 is 37.7 Å². The number of nitrogens with one attached hydrogen (secondary N) is 1. The van der Waals surface area contributed by atoms with Crippen molar-refractivity contribution in [3.8, 4) is 0 Å². The van der Waals surface area contributed by atoms with Gasteiger partial charge in [-0.1, -0.05) is 17.7 Å². The summed E-state index contributed by atoms with van der Waals surface area (Å²) in [5.41, 5.74) is -1.00. The Morgan fingerprint density at radius 2 is 1.65 bits per heavy atom. The number of halogens is 5. The smallest absolute Gasteiger partial charge is 0.280 e. The van der Waals surface area contributed by atoms with Crippen LogP contribution in [0.15, 0.2) is 45.8 Å². The van der Waals surface area contributed by atoms with Gasteiger partial charge in [0.2, 0.25) is 0 Å². The summed E-state index contributed by atoms with van der Waals surface area (Å²) in [6, 6.07) is 6.88. The maximum Gasteiger partial charge on any atom is 0.417 e. The second-order valence-electron chi connectivity index (χ2n) is 4.74. The summed E-state index contributed by atoms with van der Waals surface area (Å²) in [4.78, 5) is -0.139. The van der Waals surface area contributed by atoms with E-state index in [1.54, 1.807) is 6.92 Å². The van der Waals surface area contributed by atoms with Gasteiger partial charge in [-0.15, -0.1) is 0 Å². The molecular weight excluding hydrogens is 402 g/mol. The molecule has 3 nitrogen and oxygen atoms in total. The van der Waals surface area contributed by atoms with Crippen LogP contribution < -0.4 is 4.72 Å². The Morgan fingerprint density at radius 3 is 2.17 bits per heavy atom. The SMILES string of the molecule is Cc1ccc(S(=O)(=O)Nc2cc(F)c(Br)c(C(F)(F)F)c2)cc1. The van der Waals surface area contributed by atoms with Crippen LogP contribution in [0.25, 0.3) is 0 Å². The maximum atomic E-state index is 13.6. The van der Waals surface area contributed by atoms with Gasteiger partial charge in [-0.3, -0.25) is 4.72 Å². The highest BCUT2D eigenvalue weighted by atomic mass is 79.9. The lowest BCUT2D eigenvalue weighted by Gasteiger charge is -2.14. The zero-order valence-electron chi connectivity index (χ0n) is 11.6. The summed E-state index contributed by atoms with van der Waals surface area (Å²) < 4.78 is 77.6.